The van der Waals surface area contributed by atoms with Crippen molar-refractivity contribution in [1.29, 1.82) is 5.26 Å². The molecule has 2 atom stereocenters. The molecule has 1 N–H and O–H groups in total. The smallest absolute Gasteiger partial charge is 0.303 e. The number of amides is 1. The van der Waals surface area contributed by atoms with Crippen LogP contribution in [0, 0.1) is 11.3 Å². The van der Waals surface area contributed by atoms with Gasteiger partial charge in [0.25, 0.3) is 5.91 Å². The van der Waals surface area contributed by atoms with Gasteiger partial charge in [0.05, 0.1) is 11.6 Å². The Labute approximate surface area is 192 Å². The van der Waals surface area contributed by atoms with Crippen LogP contribution in [0.1, 0.15) is 52.7 Å². The van der Waals surface area contributed by atoms with Crippen LogP contribution in [0.2, 0.25) is 0 Å². The third-order valence-electron chi connectivity index (χ3n) is 6.04. The first-order valence-electron chi connectivity index (χ1n) is 10.8. The number of hydrogen-bond donors (Lipinski definition) is 1. The first-order chi connectivity index (χ1) is 16.0. The fraction of sp³-hybridized carbons (Fsp3) is 0.222. The van der Waals surface area contributed by atoms with Gasteiger partial charge in [-0.15, -0.1) is 0 Å². The minimum Gasteiger partial charge on any atom is -0.489 e. The highest BCUT2D eigenvalue weighted by atomic mass is 16.5. The van der Waals surface area contributed by atoms with Crippen molar-refractivity contribution in [2.75, 3.05) is 4.90 Å². The van der Waals surface area contributed by atoms with E-state index in [2.05, 4.69) is 6.07 Å². The lowest BCUT2D eigenvalue weighted by Crippen LogP contribution is -2.37. The molecule has 33 heavy (non-hydrogen) atoms. The zero-order valence-corrected chi connectivity index (χ0v) is 18.3. The molecule has 6 nitrogen and oxygen atoms in total. The van der Waals surface area contributed by atoms with E-state index < -0.39 is 5.97 Å². The summed E-state index contributed by atoms with van der Waals surface area (Å²) in [6.07, 6.45) is 0.436. The van der Waals surface area contributed by atoms with Gasteiger partial charge in [-0.25, -0.2) is 0 Å². The average Bonchev–Trinajstić information content (AvgIpc) is 3.12. The van der Waals surface area contributed by atoms with E-state index in [0.29, 0.717) is 29.9 Å². The van der Waals surface area contributed by atoms with Gasteiger partial charge >= 0.3 is 5.97 Å². The highest BCUT2D eigenvalue weighted by Gasteiger charge is 2.39. The van der Waals surface area contributed by atoms with E-state index in [-0.39, 0.29) is 24.3 Å². The minimum atomic E-state index is -0.864. The summed E-state index contributed by atoms with van der Waals surface area (Å²) in [6.45, 7) is 2.36. The molecule has 1 aliphatic heterocycles. The fourth-order valence-corrected chi connectivity index (χ4v) is 4.34. The highest BCUT2D eigenvalue weighted by Crippen LogP contribution is 2.45. The number of hydrogen-bond acceptors (Lipinski definition) is 4. The van der Waals surface area contributed by atoms with Crippen LogP contribution in [0.5, 0.6) is 5.75 Å². The van der Waals surface area contributed by atoms with Crippen LogP contribution < -0.4 is 9.64 Å². The highest BCUT2D eigenvalue weighted by molar-refractivity contribution is 6.08. The maximum Gasteiger partial charge on any atom is 0.303 e. The molecule has 1 heterocycles. The summed E-state index contributed by atoms with van der Waals surface area (Å²) in [5.74, 6) is -0.488. The average molecular weight is 440 g/mol. The van der Waals surface area contributed by atoms with Gasteiger partial charge in [-0.05, 0) is 66.9 Å². The molecule has 166 valence electrons. The van der Waals surface area contributed by atoms with Crippen LogP contribution in [0.4, 0.5) is 5.69 Å². The van der Waals surface area contributed by atoms with Crippen LogP contribution in [-0.4, -0.2) is 23.0 Å². The molecule has 1 amide bonds. The van der Waals surface area contributed by atoms with Gasteiger partial charge < -0.3 is 14.7 Å². The Morgan fingerprint density at radius 3 is 2.45 bits per heavy atom. The Bertz CT molecular complexity index is 1200. The lowest BCUT2D eigenvalue weighted by Gasteiger charge is -2.25. The number of carboxylic acid groups (broad SMARTS) is 1. The quantitative estimate of drug-likeness (QED) is 0.550. The van der Waals surface area contributed by atoms with Crippen molar-refractivity contribution in [2.24, 2.45) is 0 Å². The molecule has 4 rings (SSSR count). The number of carbonyl (C=O) groups is 2. The van der Waals surface area contributed by atoms with E-state index in [1.54, 1.807) is 29.2 Å². The summed E-state index contributed by atoms with van der Waals surface area (Å²) in [5, 5.41) is 18.3. The number of rotatable bonds is 7. The summed E-state index contributed by atoms with van der Waals surface area (Å²) >= 11 is 0. The summed E-state index contributed by atoms with van der Waals surface area (Å²) in [4.78, 5) is 26.4. The van der Waals surface area contributed by atoms with Crippen LogP contribution in [0.15, 0.2) is 72.8 Å². The molecule has 0 radical (unpaired) electrons. The van der Waals surface area contributed by atoms with E-state index in [0.717, 1.165) is 16.8 Å². The van der Waals surface area contributed by atoms with Crippen molar-refractivity contribution in [3.05, 3.63) is 95.1 Å². The summed E-state index contributed by atoms with van der Waals surface area (Å²) < 4.78 is 5.98. The number of aliphatic carboxylic acids is 1. The number of ether oxygens (including phenoxy) is 1. The molecule has 3 aromatic rings. The molecule has 0 saturated heterocycles. The second kappa shape index (κ2) is 9.58. The largest absolute Gasteiger partial charge is 0.489 e. The van der Waals surface area contributed by atoms with Crippen molar-refractivity contribution < 1.29 is 19.4 Å². The van der Waals surface area contributed by atoms with Crippen molar-refractivity contribution >= 4 is 17.6 Å². The molecule has 0 fully saturated rings. The Morgan fingerprint density at radius 2 is 1.79 bits per heavy atom. The number of nitrogens with zero attached hydrogens (tertiary/aromatic N) is 2. The number of carbonyl (C=O) groups excluding carboxylic acids is 1. The third kappa shape index (κ3) is 4.73. The SMILES string of the molecule is C[C@H]1[C@@H](CCC(=O)O)c2cc(OCc3ccccc3)ccc2N1C(=O)c1ccc(C#N)cc1. The van der Waals surface area contributed by atoms with Gasteiger partial charge in [0, 0.05) is 29.6 Å². The number of anilines is 1. The molecule has 0 bridgehead atoms. The Hall–Kier alpha value is -4.11. The predicted octanol–water partition coefficient (Wildman–Crippen LogP) is 5.13. The first kappa shape index (κ1) is 22.1. The summed E-state index contributed by atoms with van der Waals surface area (Å²) in [7, 11) is 0. The van der Waals surface area contributed by atoms with Crippen molar-refractivity contribution in [1.82, 2.24) is 0 Å². The Balaban J connectivity index is 1.63. The molecular weight excluding hydrogens is 416 g/mol. The molecule has 6 heteroatoms. The van der Waals surface area contributed by atoms with Gasteiger partial charge in [0.2, 0.25) is 0 Å². The Kier molecular flexibility index (Phi) is 6.41. The zero-order chi connectivity index (χ0) is 23.4. The number of fused-ring (bicyclic) bond motifs is 1. The molecule has 0 saturated carbocycles. The topological polar surface area (TPSA) is 90.6 Å². The van der Waals surface area contributed by atoms with Crippen LogP contribution in [0.25, 0.3) is 0 Å². The maximum atomic E-state index is 13.4. The van der Waals surface area contributed by atoms with Gasteiger partial charge in [-0.3, -0.25) is 9.59 Å². The summed E-state index contributed by atoms with van der Waals surface area (Å²) in [6, 6.07) is 23.9. The third-order valence-corrected chi connectivity index (χ3v) is 6.04. The number of nitriles is 1. The normalized spacial score (nSPS) is 16.7. The van der Waals surface area contributed by atoms with Crippen LogP contribution in [-0.2, 0) is 11.4 Å². The molecule has 3 aromatic carbocycles. The second-order valence-electron chi connectivity index (χ2n) is 8.14. The van der Waals surface area contributed by atoms with Gasteiger partial charge in [-0.1, -0.05) is 30.3 Å². The lowest BCUT2D eigenvalue weighted by molar-refractivity contribution is -0.137. The van der Waals surface area contributed by atoms with E-state index in [9.17, 15) is 14.7 Å². The molecular formula is C27H24N2O4. The van der Waals surface area contributed by atoms with Gasteiger partial charge in [-0.2, -0.15) is 5.26 Å². The first-order valence-corrected chi connectivity index (χ1v) is 10.8. The molecule has 0 aliphatic carbocycles. The van der Waals surface area contributed by atoms with E-state index in [1.165, 1.54) is 0 Å². The number of carboxylic acids is 1. The maximum absolute atomic E-state index is 13.4. The Morgan fingerprint density at radius 1 is 1.06 bits per heavy atom. The monoisotopic (exact) mass is 440 g/mol. The van der Waals surface area contributed by atoms with Crippen LogP contribution >= 0.6 is 0 Å². The van der Waals surface area contributed by atoms with E-state index in [1.807, 2.05) is 55.5 Å². The molecule has 0 unspecified atom stereocenters. The molecule has 1 aliphatic rings. The molecule has 0 aromatic heterocycles. The lowest BCUT2D eigenvalue weighted by atomic mass is 9.91. The predicted molar refractivity (Wildman–Crippen MR) is 124 cm³/mol. The zero-order valence-electron chi connectivity index (χ0n) is 18.3. The summed E-state index contributed by atoms with van der Waals surface area (Å²) in [5.41, 5.74) is 3.69. The molecule has 0 spiro atoms. The fourth-order valence-electron chi connectivity index (χ4n) is 4.34. The van der Waals surface area contributed by atoms with Gasteiger partial charge in [0.15, 0.2) is 0 Å². The van der Waals surface area contributed by atoms with Crippen molar-refractivity contribution in [2.45, 2.75) is 38.3 Å². The van der Waals surface area contributed by atoms with Crippen molar-refractivity contribution in [3.8, 4) is 11.8 Å². The van der Waals surface area contributed by atoms with Crippen molar-refractivity contribution in [3.63, 3.8) is 0 Å². The van der Waals surface area contributed by atoms with Gasteiger partial charge in [0.1, 0.15) is 12.4 Å². The standard InChI is InChI=1S/C27H24N2O4/c1-18-23(12-14-26(30)31)24-15-22(33-17-20-5-3-2-4-6-20)11-13-25(24)29(18)27(32)21-9-7-19(16-28)8-10-21/h2-11,13,15,18,23H,12,14,17H2,1H3,(H,30,31)/t18-,23+/m0/s1. The second-order valence-corrected chi connectivity index (χ2v) is 8.14. The van der Waals surface area contributed by atoms with Crippen LogP contribution in [0.3, 0.4) is 0 Å². The minimum absolute atomic E-state index is 0.0163. The number of benzene rings is 3. The van der Waals surface area contributed by atoms with E-state index in [4.69, 9.17) is 10.00 Å². The van der Waals surface area contributed by atoms with E-state index >= 15 is 0 Å².